The highest BCUT2D eigenvalue weighted by molar-refractivity contribution is 5.84. The molecular formula is C21H26FN7O3. The molecule has 0 radical (unpaired) electrons. The average Bonchev–Trinajstić information content (AvgIpc) is 3.34. The van der Waals surface area contributed by atoms with E-state index in [2.05, 4.69) is 27.0 Å². The molecule has 1 atom stereocenters. The van der Waals surface area contributed by atoms with E-state index in [9.17, 15) is 14.5 Å². The van der Waals surface area contributed by atoms with E-state index in [1.54, 1.807) is 6.07 Å². The normalized spacial score (nSPS) is 20.6. The van der Waals surface area contributed by atoms with Gasteiger partial charge in [0.1, 0.15) is 18.2 Å². The molecule has 0 aliphatic carbocycles. The first-order valence-corrected chi connectivity index (χ1v) is 11.0. The Balaban J connectivity index is 1.51. The summed E-state index contributed by atoms with van der Waals surface area (Å²) < 4.78 is 22.2. The van der Waals surface area contributed by atoms with E-state index in [0.29, 0.717) is 23.3 Å². The zero-order chi connectivity index (χ0) is 22.2. The van der Waals surface area contributed by atoms with Gasteiger partial charge in [0.25, 0.3) is 0 Å². The number of nitrogens with zero attached hydrogens (tertiary/aromatic N) is 6. The number of fused-ring (bicyclic) bond motifs is 1. The fraction of sp³-hybridized carbons (Fsp3) is 0.524. The lowest BCUT2D eigenvalue weighted by atomic mass is 10.2. The van der Waals surface area contributed by atoms with Crippen molar-refractivity contribution in [3.05, 3.63) is 34.3 Å². The fourth-order valence-electron chi connectivity index (χ4n) is 4.43. The number of hydrogen-bond donors (Lipinski definition) is 1. The van der Waals surface area contributed by atoms with Crippen molar-refractivity contribution in [3.8, 4) is 11.5 Å². The number of anilines is 1. The lowest BCUT2D eigenvalue weighted by Crippen LogP contribution is -2.29. The summed E-state index contributed by atoms with van der Waals surface area (Å²) >= 11 is 0. The number of aromatic amines is 1. The molecule has 170 valence electrons. The minimum atomic E-state index is -0.478. The summed E-state index contributed by atoms with van der Waals surface area (Å²) in [7, 11) is 2.06. The summed E-state index contributed by atoms with van der Waals surface area (Å²) in [5, 5.41) is 16.1. The van der Waals surface area contributed by atoms with Crippen molar-refractivity contribution < 1.29 is 14.1 Å². The maximum atomic E-state index is 14.9. The Morgan fingerprint density at radius 2 is 2.09 bits per heavy atom. The largest absolute Gasteiger partial charge is 0.368 e. The molecule has 2 aliphatic rings. The molecule has 0 saturated carbocycles. The highest BCUT2D eigenvalue weighted by Gasteiger charge is 2.28. The third-order valence-corrected chi connectivity index (χ3v) is 6.20. The smallest absolute Gasteiger partial charge is 0.318 e. The quantitative estimate of drug-likeness (QED) is 0.487. The third-order valence-electron chi connectivity index (χ3n) is 6.20. The van der Waals surface area contributed by atoms with E-state index >= 15 is 0 Å². The van der Waals surface area contributed by atoms with E-state index in [4.69, 9.17) is 4.74 Å². The predicted molar refractivity (Wildman–Crippen MR) is 117 cm³/mol. The molecule has 1 aromatic carbocycles. The number of H-pyrrole nitrogens is 1. The zero-order valence-electron chi connectivity index (χ0n) is 18.0. The number of ether oxygens (including phenoxy) is 1. The van der Waals surface area contributed by atoms with Crippen LogP contribution in [0.15, 0.2) is 18.3 Å². The molecule has 0 spiro atoms. The van der Waals surface area contributed by atoms with Gasteiger partial charge in [0.05, 0.1) is 21.6 Å². The number of aromatic nitrogens is 4. The Morgan fingerprint density at radius 1 is 1.22 bits per heavy atom. The second-order valence-electron chi connectivity index (χ2n) is 8.47. The van der Waals surface area contributed by atoms with Crippen molar-refractivity contribution >= 4 is 22.4 Å². The number of rotatable bonds is 4. The van der Waals surface area contributed by atoms with Gasteiger partial charge in [-0.15, -0.1) is 0 Å². The Morgan fingerprint density at radius 3 is 2.88 bits per heavy atom. The number of benzene rings is 1. The van der Waals surface area contributed by atoms with Crippen molar-refractivity contribution in [2.75, 3.05) is 44.7 Å². The van der Waals surface area contributed by atoms with Crippen LogP contribution in [0.5, 0.6) is 0 Å². The van der Waals surface area contributed by atoms with Crippen LogP contribution in [-0.2, 0) is 4.74 Å². The van der Waals surface area contributed by atoms with Crippen molar-refractivity contribution in [3.63, 3.8) is 0 Å². The number of hydrogen-bond acceptors (Lipinski definition) is 7. The molecule has 2 aliphatic heterocycles. The van der Waals surface area contributed by atoms with Crippen molar-refractivity contribution in [1.82, 2.24) is 24.6 Å². The Labute approximate surface area is 184 Å². The Bertz CT molecular complexity index is 1140. The maximum Gasteiger partial charge on any atom is 0.318 e. The second kappa shape index (κ2) is 8.47. The van der Waals surface area contributed by atoms with Crippen LogP contribution in [-0.4, -0.2) is 69.4 Å². The summed E-state index contributed by atoms with van der Waals surface area (Å²) in [5.74, 6) is -0.107. The molecule has 5 rings (SSSR count). The highest BCUT2D eigenvalue weighted by Crippen LogP contribution is 2.33. The minimum Gasteiger partial charge on any atom is -0.368 e. The third kappa shape index (κ3) is 3.93. The van der Waals surface area contributed by atoms with Gasteiger partial charge in [-0.2, -0.15) is 5.10 Å². The number of nitro groups is 1. The maximum absolute atomic E-state index is 14.9. The van der Waals surface area contributed by atoms with Crippen LogP contribution in [0, 0.1) is 15.9 Å². The summed E-state index contributed by atoms with van der Waals surface area (Å²) in [6.07, 6.45) is 4.71. The van der Waals surface area contributed by atoms with Gasteiger partial charge in [-0.1, -0.05) is 0 Å². The predicted octanol–water partition coefficient (Wildman–Crippen LogP) is 3.31. The standard InChI is InChI=1S/C21H26FN7O3/c1-26-6-4-7-27(9-8-26)17-12-16-15(11-14(17)22)23-21(24-16)20-18(29(30)31)13-28(25-20)19-5-2-3-10-32-19/h11-13,19H,2-10H2,1H3,(H,23,24). The molecule has 0 bridgehead atoms. The molecule has 0 amide bonds. The second-order valence-corrected chi connectivity index (χ2v) is 8.47. The van der Waals surface area contributed by atoms with Crippen molar-refractivity contribution in [1.29, 1.82) is 0 Å². The van der Waals surface area contributed by atoms with Gasteiger partial charge in [0, 0.05) is 32.3 Å². The lowest BCUT2D eigenvalue weighted by Gasteiger charge is -2.23. The topological polar surface area (TPSA) is 105 Å². The van der Waals surface area contributed by atoms with Crippen molar-refractivity contribution in [2.45, 2.75) is 31.9 Å². The SMILES string of the molecule is CN1CCCN(c2cc3[nH]c(-c4nn(C5CCCCO5)cc4[N+](=O)[O-])nc3cc2F)CC1. The van der Waals surface area contributed by atoms with Gasteiger partial charge in [-0.25, -0.2) is 14.1 Å². The van der Waals surface area contributed by atoms with E-state index < -0.39 is 4.92 Å². The molecule has 2 fully saturated rings. The molecule has 4 heterocycles. The zero-order valence-corrected chi connectivity index (χ0v) is 18.0. The van der Waals surface area contributed by atoms with E-state index in [0.717, 1.165) is 51.9 Å². The number of halogens is 1. The first-order valence-electron chi connectivity index (χ1n) is 11.0. The molecule has 3 aromatic rings. The van der Waals surface area contributed by atoms with E-state index in [1.165, 1.54) is 16.9 Å². The van der Waals surface area contributed by atoms with Crippen LogP contribution in [0.1, 0.15) is 31.9 Å². The first kappa shape index (κ1) is 20.8. The van der Waals surface area contributed by atoms with Gasteiger partial charge >= 0.3 is 5.69 Å². The van der Waals surface area contributed by atoms with Crippen LogP contribution in [0.4, 0.5) is 15.8 Å². The van der Waals surface area contributed by atoms with Gasteiger partial charge in [0.15, 0.2) is 5.82 Å². The monoisotopic (exact) mass is 443 g/mol. The van der Waals surface area contributed by atoms with Crippen LogP contribution < -0.4 is 4.90 Å². The van der Waals surface area contributed by atoms with Gasteiger partial charge in [-0.3, -0.25) is 10.1 Å². The summed E-state index contributed by atoms with van der Waals surface area (Å²) in [4.78, 5) is 23.0. The number of nitrogens with one attached hydrogen (secondary N) is 1. The molecule has 10 nitrogen and oxygen atoms in total. The summed E-state index contributed by atoms with van der Waals surface area (Å²) in [5.41, 5.74) is 1.50. The molecule has 32 heavy (non-hydrogen) atoms. The molecule has 1 N–H and O–H groups in total. The average molecular weight is 443 g/mol. The van der Waals surface area contributed by atoms with Gasteiger partial charge in [0.2, 0.25) is 5.69 Å². The molecule has 2 saturated heterocycles. The summed E-state index contributed by atoms with van der Waals surface area (Å²) in [6, 6.07) is 3.12. The highest BCUT2D eigenvalue weighted by atomic mass is 19.1. The number of imidazole rings is 1. The Hall–Kier alpha value is -3.05. The van der Waals surface area contributed by atoms with Crippen molar-refractivity contribution in [2.24, 2.45) is 0 Å². The first-order chi connectivity index (χ1) is 15.5. The van der Waals surface area contributed by atoms with Crippen LogP contribution in [0.2, 0.25) is 0 Å². The summed E-state index contributed by atoms with van der Waals surface area (Å²) in [6.45, 7) is 3.94. The molecular weight excluding hydrogens is 417 g/mol. The molecule has 2 aromatic heterocycles. The van der Waals surface area contributed by atoms with Gasteiger partial charge in [-0.05, 0) is 45.3 Å². The van der Waals surface area contributed by atoms with E-state index in [-0.39, 0.29) is 29.3 Å². The molecule has 1 unspecified atom stereocenters. The van der Waals surface area contributed by atoms with Crippen LogP contribution in [0.3, 0.4) is 0 Å². The van der Waals surface area contributed by atoms with Gasteiger partial charge < -0.3 is 19.5 Å². The Kier molecular flexibility index (Phi) is 5.51. The lowest BCUT2D eigenvalue weighted by molar-refractivity contribution is -0.384. The minimum absolute atomic E-state index is 0.124. The van der Waals surface area contributed by atoms with Crippen LogP contribution >= 0.6 is 0 Å². The van der Waals surface area contributed by atoms with Crippen LogP contribution in [0.25, 0.3) is 22.6 Å². The fourth-order valence-corrected chi connectivity index (χ4v) is 4.43. The number of likely N-dealkylation sites (N-methyl/N-ethyl adjacent to an activating group) is 1. The van der Waals surface area contributed by atoms with E-state index in [1.807, 2.05) is 4.90 Å². The molecule has 11 heteroatoms.